The summed E-state index contributed by atoms with van der Waals surface area (Å²) < 4.78 is 0. The van der Waals surface area contributed by atoms with Crippen LogP contribution in [0.2, 0.25) is 0 Å². The Balaban J connectivity index is 0.00000420. The van der Waals surface area contributed by atoms with E-state index in [1.807, 2.05) is 20.8 Å². The van der Waals surface area contributed by atoms with Gasteiger partial charge >= 0.3 is 0 Å². The lowest BCUT2D eigenvalue weighted by Crippen LogP contribution is -2.51. The van der Waals surface area contributed by atoms with E-state index in [1.54, 1.807) is 0 Å². The molecule has 2 rings (SSSR count). The molecular formula is C22H38IN5O. The Morgan fingerprint density at radius 3 is 2.59 bits per heavy atom. The van der Waals surface area contributed by atoms with E-state index >= 15 is 0 Å². The van der Waals surface area contributed by atoms with Gasteiger partial charge in [0, 0.05) is 37.6 Å². The summed E-state index contributed by atoms with van der Waals surface area (Å²) in [7, 11) is 0. The van der Waals surface area contributed by atoms with Crippen molar-refractivity contribution in [2.24, 2.45) is 10.4 Å². The minimum absolute atomic E-state index is 0. The first-order valence-electron chi connectivity index (χ1n) is 10.5. The van der Waals surface area contributed by atoms with Crippen molar-refractivity contribution in [2.75, 3.05) is 32.7 Å². The summed E-state index contributed by atoms with van der Waals surface area (Å²) in [5.74, 6) is 0.892. The number of halogens is 1. The molecule has 1 atom stereocenters. The smallest absolute Gasteiger partial charge is 0.225 e. The molecular weight excluding hydrogens is 477 g/mol. The molecule has 0 aliphatic carbocycles. The molecule has 7 heteroatoms. The lowest BCUT2D eigenvalue weighted by Gasteiger charge is -2.34. The largest absolute Gasteiger partial charge is 0.357 e. The zero-order chi connectivity index (χ0) is 20.4. The average Bonchev–Trinajstić information content (AvgIpc) is 2.65. The van der Waals surface area contributed by atoms with Crippen LogP contribution in [0.25, 0.3) is 0 Å². The first kappa shape index (κ1) is 25.7. The molecule has 1 aromatic carbocycles. The summed E-state index contributed by atoms with van der Waals surface area (Å²) in [6, 6.07) is 11.0. The highest BCUT2D eigenvalue weighted by Gasteiger charge is 2.21. The van der Waals surface area contributed by atoms with Gasteiger partial charge in [-0.25, -0.2) is 0 Å². The first-order valence-corrected chi connectivity index (χ1v) is 10.5. The van der Waals surface area contributed by atoms with E-state index in [-0.39, 0.29) is 35.3 Å². The van der Waals surface area contributed by atoms with Gasteiger partial charge in [0.05, 0.1) is 6.54 Å². The van der Waals surface area contributed by atoms with E-state index in [0.717, 1.165) is 38.6 Å². The SMILES string of the molecule is CCNC(=NCCNC(=O)C(C)(C)C)NC1CCCN(Cc2ccccc2)C1.I. The number of piperidine rings is 1. The van der Waals surface area contributed by atoms with Gasteiger partial charge in [-0.05, 0) is 31.9 Å². The van der Waals surface area contributed by atoms with Gasteiger partial charge in [0.25, 0.3) is 0 Å². The highest BCUT2D eigenvalue weighted by molar-refractivity contribution is 14.0. The Hall–Kier alpha value is -1.35. The zero-order valence-corrected chi connectivity index (χ0v) is 20.7. The third-order valence-electron chi connectivity index (χ3n) is 4.79. The first-order chi connectivity index (χ1) is 13.4. The predicted molar refractivity (Wildman–Crippen MR) is 132 cm³/mol. The maximum atomic E-state index is 11.9. The maximum Gasteiger partial charge on any atom is 0.225 e. The van der Waals surface area contributed by atoms with Crippen LogP contribution in [-0.2, 0) is 11.3 Å². The van der Waals surface area contributed by atoms with Crippen LogP contribution in [-0.4, -0.2) is 55.5 Å². The number of benzene rings is 1. The lowest BCUT2D eigenvalue weighted by atomic mass is 9.96. The molecule has 0 bridgehead atoms. The van der Waals surface area contributed by atoms with Crippen molar-refractivity contribution < 1.29 is 4.79 Å². The van der Waals surface area contributed by atoms with E-state index in [0.29, 0.717) is 19.1 Å². The molecule has 0 saturated carbocycles. The molecule has 1 heterocycles. The molecule has 1 saturated heterocycles. The minimum Gasteiger partial charge on any atom is -0.357 e. The van der Waals surface area contributed by atoms with Gasteiger partial charge in [0.2, 0.25) is 5.91 Å². The second-order valence-corrected chi connectivity index (χ2v) is 8.47. The van der Waals surface area contributed by atoms with E-state index in [4.69, 9.17) is 0 Å². The van der Waals surface area contributed by atoms with Gasteiger partial charge in [0.15, 0.2) is 5.96 Å². The summed E-state index contributed by atoms with van der Waals surface area (Å²) in [6.45, 7) is 12.9. The quantitative estimate of drug-likeness (QED) is 0.226. The van der Waals surface area contributed by atoms with Gasteiger partial charge < -0.3 is 16.0 Å². The predicted octanol–water partition coefficient (Wildman–Crippen LogP) is 2.99. The fraction of sp³-hybridized carbons (Fsp3) is 0.636. The lowest BCUT2D eigenvalue weighted by molar-refractivity contribution is -0.128. The fourth-order valence-corrected chi connectivity index (χ4v) is 3.27. The summed E-state index contributed by atoms with van der Waals surface area (Å²) in [6.07, 6.45) is 2.34. The summed E-state index contributed by atoms with van der Waals surface area (Å²) in [5.41, 5.74) is 0.995. The van der Waals surface area contributed by atoms with Crippen molar-refractivity contribution in [2.45, 2.75) is 53.1 Å². The number of aliphatic imine (C=N–C) groups is 1. The van der Waals surface area contributed by atoms with Gasteiger partial charge in [-0.2, -0.15) is 0 Å². The molecule has 6 nitrogen and oxygen atoms in total. The molecule has 1 amide bonds. The molecule has 1 aliphatic heterocycles. The van der Waals surface area contributed by atoms with Crippen molar-refractivity contribution in [1.82, 2.24) is 20.9 Å². The maximum absolute atomic E-state index is 11.9. The molecule has 3 N–H and O–H groups in total. The van der Waals surface area contributed by atoms with Crippen molar-refractivity contribution in [3.05, 3.63) is 35.9 Å². The standard InChI is InChI=1S/C22H37N5O.HI/c1-5-23-21(25-14-13-24-20(28)22(2,3)4)26-19-12-9-15-27(17-19)16-18-10-7-6-8-11-18;/h6-8,10-11,19H,5,9,12-17H2,1-4H3,(H,24,28)(H2,23,25,26);1H. The Morgan fingerprint density at radius 2 is 1.93 bits per heavy atom. The second kappa shape index (κ2) is 13.1. The van der Waals surface area contributed by atoms with Gasteiger partial charge in [-0.1, -0.05) is 51.1 Å². The highest BCUT2D eigenvalue weighted by atomic mass is 127. The van der Waals surface area contributed by atoms with Crippen molar-refractivity contribution in [3.8, 4) is 0 Å². The van der Waals surface area contributed by atoms with E-state index in [2.05, 4.69) is 63.1 Å². The molecule has 1 fully saturated rings. The summed E-state index contributed by atoms with van der Waals surface area (Å²) >= 11 is 0. The number of nitrogens with zero attached hydrogens (tertiary/aromatic N) is 2. The molecule has 0 spiro atoms. The molecule has 164 valence electrons. The number of hydrogen-bond donors (Lipinski definition) is 3. The molecule has 0 aromatic heterocycles. The van der Waals surface area contributed by atoms with Crippen LogP contribution in [0, 0.1) is 5.41 Å². The molecule has 0 radical (unpaired) electrons. The van der Waals surface area contributed by atoms with Crippen LogP contribution in [0.1, 0.15) is 46.1 Å². The van der Waals surface area contributed by atoms with Gasteiger partial charge in [0.1, 0.15) is 0 Å². The third-order valence-corrected chi connectivity index (χ3v) is 4.79. The number of hydrogen-bond acceptors (Lipinski definition) is 3. The van der Waals surface area contributed by atoms with Crippen molar-refractivity contribution >= 4 is 35.8 Å². The summed E-state index contributed by atoms with van der Waals surface area (Å²) in [5, 5.41) is 9.84. The van der Waals surface area contributed by atoms with E-state index in [1.165, 1.54) is 12.0 Å². The van der Waals surface area contributed by atoms with Crippen LogP contribution >= 0.6 is 24.0 Å². The molecule has 1 unspecified atom stereocenters. The summed E-state index contributed by atoms with van der Waals surface area (Å²) in [4.78, 5) is 19.1. The Morgan fingerprint density at radius 1 is 1.21 bits per heavy atom. The second-order valence-electron chi connectivity index (χ2n) is 8.47. The van der Waals surface area contributed by atoms with E-state index in [9.17, 15) is 4.79 Å². The third kappa shape index (κ3) is 9.80. The Kier molecular flexibility index (Phi) is 11.6. The van der Waals surface area contributed by atoms with Gasteiger partial charge in [-0.3, -0.25) is 14.7 Å². The average molecular weight is 515 g/mol. The number of likely N-dealkylation sites (tertiary alicyclic amines) is 1. The van der Waals surface area contributed by atoms with Crippen LogP contribution < -0.4 is 16.0 Å². The topological polar surface area (TPSA) is 68.8 Å². The number of nitrogens with one attached hydrogen (secondary N) is 3. The van der Waals surface area contributed by atoms with Crippen molar-refractivity contribution in [3.63, 3.8) is 0 Å². The van der Waals surface area contributed by atoms with Crippen molar-refractivity contribution in [1.29, 1.82) is 0 Å². The molecule has 1 aromatic rings. The number of carbonyl (C=O) groups is 1. The van der Waals surface area contributed by atoms with Crippen LogP contribution in [0.4, 0.5) is 0 Å². The minimum atomic E-state index is -0.364. The van der Waals surface area contributed by atoms with Crippen LogP contribution in [0.5, 0.6) is 0 Å². The molecule has 1 aliphatic rings. The van der Waals surface area contributed by atoms with E-state index < -0.39 is 0 Å². The Labute approximate surface area is 193 Å². The normalized spacial score (nSPS) is 17.9. The monoisotopic (exact) mass is 515 g/mol. The number of rotatable bonds is 7. The zero-order valence-electron chi connectivity index (χ0n) is 18.3. The number of guanidine groups is 1. The van der Waals surface area contributed by atoms with Gasteiger partial charge in [-0.15, -0.1) is 24.0 Å². The van der Waals surface area contributed by atoms with Crippen LogP contribution in [0.15, 0.2) is 35.3 Å². The molecule has 29 heavy (non-hydrogen) atoms. The Bertz CT molecular complexity index is 630. The highest BCUT2D eigenvalue weighted by Crippen LogP contribution is 2.14. The van der Waals surface area contributed by atoms with Crippen LogP contribution in [0.3, 0.4) is 0 Å². The number of carbonyl (C=O) groups excluding carboxylic acids is 1. The fourth-order valence-electron chi connectivity index (χ4n) is 3.27. The number of amides is 1.